The fraction of sp³-hybridized carbons (Fsp3) is 0.350. The number of ether oxygens (including phenoxy) is 1. The van der Waals surface area contributed by atoms with E-state index in [2.05, 4.69) is 10.4 Å². The summed E-state index contributed by atoms with van der Waals surface area (Å²) in [6.45, 7) is 2.48. The maximum Gasteiger partial charge on any atom is 0.346 e. The van der Waals surface area contributed by atoms with Gasteiger partial charge in [-0.2, -0.15) is 0 Å². The second-order valence-electron chi connectivity index (χ2n) is 6.86. The number of carbonyl (C=O) groups is 1. The predicted molar refractivity (Wildman–Crippen MR) is 102 cm³/mol. The van der Waals surface area contributed by atoms with Gasteiger partial charge in [0.25, 0.3) is 5.91 Å². The topological polar surface area (TPSA) is 91.3 Å². The van der Waals surface area contributed by atoms with Crippen LogP contribution in [0.25, 0.3) is 11.6 Å². The van der Waals surface area contributed by atoms with E-state index in [0.717, 1.165) is 18.4 Å². The molecule has 146 valence electrons. The van der Waals surface area contributed by atoms with E-state index in [0.29, 0.717) is 17.3 Å². The molecule has 0 atom stereocenters. The molecule has 0 aliphatic heterocycles. The predicted octanol–water partition coefficient (Wildman–Crippen LogP) is 2.14. The van der Waals surface area contributed by atoms with E-state index in [1.807, 2.05) is 31.2 Å². The van der Waals surface area contributed by atoms with E-state index < -0.39 is 0 Å². The van der Waals surface area contributed by atoms with Crippen LogP contribution in [0.5, 0.6) is 5.75 Å². The summed E-state index contributed by atoms with van der Waals surface area (Å²) < 4.78 is 13.9. The van der Waals surface area contributed by atoms with Gasteiger partial charge < -0.3 is 14.5 Å². The molecule has 8 heteroatoms. The van der Waals surface area contributed by atoms with E-state index >= 15 is 0 Å². The third-order valence-corrected chi connectivity index (χ3v) is 4.56. The summed E-state index contributed by atoms with van der Waals surface area (Å²) >= 11 is 0. The molecular weight excluding hydrogens is 360 g/mol. The fourth-order valence-electron chi connectivity index (χ4n) is 2.94. The molecule has 1 aromatic carbocycles. The second kappa shape index (κ2) is 7.75. The van der Waals surface area contributed by atoms with Crippen LogP contribution in [0.1, 0.15) is 24.4 Å². The Morgan fingerprint density at radius 2 is 2.07 bits per heavy atom. The van der Waals surface area contributed by atoms with Crippen LogP contribution in [0.3, 0.4) is 0 Å². The summed E-state index contributed by atoms with van der Waals surface area (Å²) in [7, 11) is 0. The van der Waals surface area contributed by atoms with Crippen molar-refractivity contribution in [1.29, 1.82) is 0 Å². The molecule has 0 unspecified atom stereocenters. The normalized spacial score (nSPS) is 13.5. The molecule has 1 saturated carbocycles. The van der Waals surface area contributed by atoms with Gasteiger partial charge in [-0.05, 0) is 44.0 Å². The Kier molecular flexibility index (Phi) is 5.01. The highest BCUT2D eigenvalue weighted by molar-refractivity contribution is 5.77. The molecule has 2 heterocycles. The first-order valence-corrected chi connectivity index (χ1v) is 9.31. The van der Waals surface area contributed by atoms with Gasteiger partial charge in [0.15, 0.2) is 12.4 Å². The average molecular weight is 382 g/mol. The van der Waals surface area contributed by atoms with Crippen molar-refractivity contribution < 1.29 is 13.9 Å². The second-order valence-corrected chi connectivity index (χ2v) is 6.86. The molecule has 0 bridgehead atoms. The molecule has 0 spiro atoms. The molecule has 3 aromatic rings. The number of hydrogen-bond acceptors (Lipinski definition) is 5. The van der Waals surface area contributed by atoms with Crippen molar-refractivity contribution in [1.82, 2.24) is 19.7 Å². The third-order valence-electron chi connectivity index (χ3n) is 4.56. The summed E-state index contributed by atoms with van der Waals surface area (Å²) in [4.78, 5) is 24.6. The van der Waals surface area contributed by atoms with E-state index in [9.17, 15) is 9.59 Å². The van der Waals surface area contributed by atoms with Crippen molar-refractivity contribution >= 4 is 5.91 Å². The minimum atomic E-state index is -0.249. The summed E-state index contributed by atoms with van der Waals surface area (Å²) in [6.07, 6.45) is 3.49. The number of benzene rings is 1. The molecule has 2 aromatic heterocycles. The summed E-state index contributed by atoms with van der Waals surface area (Å²) in [5, 5.41) is 7.15. The van der Waals surface area contributed by atoms with Crippen LogP contribution in [-0.2, 0) is 11.3 Å². The van der Waals surface area contributed by atoms with Gasteiger partial charge >= 0.3 is 5.69 Å². The molecule has 0 radical (unpaired) electrons. The molecule has 4 rings (SSSR count). The maximum atomic E-state index is 12.7. The zero-order valence-electron chi connectivity index (χ0n) is 15.6. The lowest BCUT2D eigenvalue weighted by molar-refractivity contribution is -0.123. The quantitative estimate of drug-likeness (QED) is 0.645. The summed E-state index contributed by atoms with van der Waals surface area (Å²) in [6, 6.07) is 11.2. The number of nitrogens with zero attached hydrogens (tertiary/aromatic N) is 3. The van der Waals surface area contributed by atoms with Crippen LogP contribution in [0.4, 0.5) is 0 Å². The van der Waals surface area contributed by atoms with Crippen LogP contribution < -0.4 is 15.7 Å². The van der Waals surface area contributed by atoms with E-state index in [1.54, 1.807) is 23.0 Å². The number of aromatic nitrogens is 3. The molecule has 1 fully saturated rings. The van der Waals surface area contributed by atoms with Crippen molar-refractivity contribution in [2.24, 2.45) is 0 Å². The molecule has 8 nitrogen and oxygen atoms in total. The van der Waals surface area contributed by atoms with Crippen LogP contribution in [0.2, 0.25) is 0 Å². The van der Waals surface area contributed by atoms with Crippen molar-refractivity contribution in [3.63, 3.8) is 0 Å². The lowest BCUT2D eigenvalue weighted by atomic mass is 10.2. The van der Waals surface area contributed by atoms with Crippen molar-refractivity contribution in [2.75, 3.05) is 13.2 Å². The Balaban J connectivity index is 1.33. The summed E-state index contributed by atoms with van der Waals surface area (Å²) in [5.74, 6) is 1.49. The van der Waals surface area contributed by atoms with E-state index in [4.69, 9.17) is 9.15 Å². The number of hydrogen-bond donors (Lipinski definition) is 1. The highest BCUT2D eigenvalue weighted by Crippen LogP contribution is 2.36. The first-order valence-electron chi connectivity index (χ1n) is 9.31. The van der Waals surface area contributed by atoms with Gasteiger partial charge in [0, 0.05) is 12.6 Å². The Labute approximate surface area is 161 Å². The van der Waals surface area contributed by atoms with Gasteiger partial charge in [-0.15, -0.1) is 5.10 Å². The van der Waals surface area contributed by atoms with Crippen molar-refractivity contribution in [3.05, 3.63) is 58.7 Å². The standard InChI is InChI=1S/C20H22N4O4/c1-14-4-8-16(9-5-14)28-13-18(25)21-10-11-23-20(26)24(15-6-7-15)19(22-23)17-3-2-12-27-17/h2-5,8-9,12,15H,6-7,10-11,13H2,1H3,(H,21,25). The zero-order valence-corrected chi connectivity index (χ0v) is 15.6. The third kappa shape index (κ3) is 4.00. The van der Waals surface area contributed by atoms with Gasteiger partial charge in [-0.25, -0.2) is 9.48 Å². The molecule has 1 N–H and O–H groups in total. The Morgan fingerprint density at radius 1 is 1.29 bits per heavy atom. The number of aryl methyl sites for hydroxylation is 1. The SMILES string of the molecule is Cc1ccc(OCC(=O)NCCn2nc(-c3ccco3)n(C3CC3)c2=O)cc1. The number of carbonyl (C=O) groups excluding carboxylic acids is 1. The lowest BCUT2D eigenvalue weighted by Gasteiger charge is -2.07. The van der Waals surface area contributed by atoms with E-state index in [1.165, 1.54) is 4.68 Å². The number of furan rings is 1. The molecule has 28 heavy (non-hydrogen) atoms. The fourth-order valence-corrected chi connectivity index (χ4v) is 2.94. The first-order chi connectivity index (χ1) is 13.6. The van der Waals surface area contributed by atoms with Crippen molar-refractivity contribution in [2.45, 2.75) is 32.4 Å². The van der Waals surface area contributed by atoms with Crippen LogP contribution in [0, 0.1) is 6.92 Å². The van der Waals surface area contributed by atoms with Crippen LogP contribution in [0.15, 0.2) is 51.9 Å². The van der Waals surface area contributed by atoms with Crippen LogP contribution >= 0.6 is 0 Å². The van der Waals surface area contributed by atoms with Gasteiger partial charge in [0.1, 0.15) is 5.75 Å². The van der Waals surface area contributed by atoms with Crippen LogP contribution in [-0.4, -0.2) is 33.4 Å². The number of rotatable bonds is 8. The molecule has 1 aliphatic carbocycles. The minimum absolute atomic E-state index is 0.0773. The smallest absolute Gasteiger partial charge is 0.346 e. The molecule has 1 amide bonds. The van der Waals surface area contributed by atoms with Gasteiger partial charge in [0.05, 0.1) is 12.8 Å². The monoisotopic (exact) mass is 382 g/mol. The lowest BCUT2D eigenvalue weighted by Crippen LogP contribution is -2.34. The zero-order chi connectivity index (χ0) is 19.5. The van der Waals surface area contributed by atoms with Gasteiger partial charge in [-0.3, -0.25) is 9.36 Å². The van der Waals surface area contributed by atoms with Gasteiger partial charge in [0.2, 0.25) is 5.82 Å². The highest BCUT2D eigenvalue weighted by Gasteiger charge is 2.31. The Bertz CT molecular complexity index is 998. The Hall–Kier alpha value is -3.29. The maximum absolute atomic E-state index is 12.7. The number of nitrogens with one attached hydrogen (secondary N) is 1. The molecule has 0 saturated heterocycles. The highest BCUT2D eigenvalue weighted by atomic mass is 16.5. The number of amides is 1. The Morgan fingerprint density at radius 3 is 2.75 bits per heavy atom. The minimum Gasteiger partial charge on any atom is -0.484 e. The molecular formula is C20H22N4O4. The van der Waals surface area contributed by atoms with Crippen molar-refractivity contribution in [3.8, 4) is 17.3 Å². The van der Waals surface area contributed by atoms with Gasteiger partial charge in [-0.1, -0.05) is 17.7 Å². The molecule has 1 aliphatic rings. The summed E-state index contributed by atoms with van der Waals surface area (Å²) in [5.41, 5.74) is 0.945. The largest absolute Gasteiger partial charge is 0.484 e. The first kappa shape index (κ1) is 18.1. The average Bonchev–Trinajstić information content (AvgIpc) is 3.26. The van der Waals surface area contributed by atoms with E-state index in [-0.39, 0.29) is 37.3 Å².